The molecule has 0 radical (unpaired) electrons. The molecule has 4 rings (SSSR count). The SMILES string of the molecule is CNCc1c[nH]c2cc(Nc3ccc(OC(F)(F)F)cc3C)ccc12.COc1cccc(S)c1. The molecule has 0 saturated heterocycles. The molecule has 5 nitrogen and oxygen atoms in total. The summed E-state index contributed by atoms with van der Waals surface area (Å²) >= 11 is 4.13. The number of aromatic amines is 1. The molecule has 0 aliphatic heterocycles. The van der Waals surface area contributed by atoms with Crippen molar-refractivity contribution in [2.45, 2.75) is 24.7 Å². The van der Waals surface area contributed by atoms with Crippen molar-refractivity contribution in [2.24, 2.45) is 0 Å². The number of thiol groups is 1. The minimum absolute atomic E-state index is 0.230. The summed E-state index contributed by atoms with van der Waals surface area (Å²) in [7, 11) is 3.53. The lowest BCUT2D eigenvalue weighted by Gasteiger charge is -2.13. The molecule has 0 aliphatic carbocycles. The summed E-state index contributed by atoms with van der Waals surface area (Å²) in [6.45, 7) is 2.50. The van der Waals surface area contributed by atoms with Crippen molar-refractivity contribution >= 4 is 34.9 Å². The van der Waals surface area contributed by atoms with Gasteiger partial charge in [0.05, 0.1) is 7.11 Å². The summed E-state index contributed by atoms with van der Waals surface area (Å²) in [6.07, 6.45) is -2.73. The summed E-state index contributed by atoms with van der Waals surface area (Å²) in [5.74, 6) is 0.620. The van der Waals surface area contributed by atoms with Crippen LogP contribution in [0, 0.1) is 6.92 Å². The van der Waals surface area contributed by atoms with Gasteiger partial charge in [-0.15, -0.1) is 25.8 Å². The van der Waals surface area contributed by atoms with Crippen molar-refractivity contribution in [2.75, 3.05) is 19.5 Å². The smallest absolute Gasteiger partial charge is 0.497 e. The van der Waals surface area contributed by atoms with Crippen LogP contribution in [-0.4, -0.2) is 25.5 Å². The van der Waals surface area contributed by atoms with Gasteiger partial charge in [0.2, 0.25) is 0 Å². The molecule has 1 aromatic heterocycles. The molecule has 1 heterocycles. The molecule has 0 aliphatic rings. The standard InChI is InChI=1S/C18H18F3N3O.C7H8OS/c1-11-7-14(25-18(19,20)21)4-6-16(11)24-13-3-5-15-12(9-22-2)10-23-17(15)8-13;1-8-6-3-2-4-7(9)5-6/h3-8,10,22-24H,9H2,1-2H3;2-5,9H,1H3. The van der Waals surface area contributed by atoms with Gasteiger partial charge in [-0.25, -0.2) is 0 Å². The molecule has 9 heteroatoms. The number of benzene rings is 3. The van der Waals surface area contributed by atoms with Crippen molar-refractivity contribution in [3.8, 4) is 11.5 Å². The van der Waals surface area contributed by atoms with Gasteiger partial charge in [-0.1, -0.05) is 12.1 Å². The molecule has 180 valence electrons. The van der Waals surface area contributed by atoms with Gasteiger partial charge in [-0.05, 0) is 73.6 Å². The summed E-state index contributed by atoms with van der Waals surface area (Å²) < 4.78 is 45.7. The van der Waals surface area contributed by atoms with Crippen LogP contribution in [0.3, 0.4) is 0 Å². The van der Waals surface area contributed by atoms with Gasteiger partial charge in [0.25, 0.3) is 0 Å². The number of H-pyrrole nitrogens is 1. The second-order valence-electron chi connectivity index (χ2n) is 7.46. The normalized spacial score (nSPS) is 11.0. The predicted octanol–water partition coefficient (Wildman–Crippen LogP) is 6.82. The minimum Gasteiger partial charge on any atom is -0.497 e. The van der Waals surface area contributed by atoms with Gasteiger partial charge >= 0.3 is 6.36 Å². The van der Waals surface area contributed by atoms with Crippen molar-refractivity contribution in [1.29, 1.82) is 0 Å². The Morgan fingerprint density at radius 3 is 2.41 bits per heavy atom. The van der Waals surface area contributed by atoms with E-state index < -0.39 is 6.36 Å². The van der Waals surface area contributed by atoms with E-state index in [4.69, 9.17) is 4.74 Å². The second kappa shape index (κ2) is 11.2. The molecule has 0 spiro atoms. The lowest BCUT2D eigenvalue weighted by molar-refractivity contribution is -0.274. The van der Waals surface area contributed by atoms with Gasteiger partial charge in [0.15, 0.2) is 0 Å². The van der Waals surface area contributed by atoms with E-state index in [9.17, 15) is 13.2 Å². The third-order valence-electron chi connectivity index (χ3n) is 4.90. The number of aryl methyl sites for hydroxylation is 1. The number of rotatable bonds is 6. The Morgan fingerprint density at radius 2 is 1.79 bits per heavy atom. The number of fused-ring (bicyclic) bond motifs is 1. The minimum atomic E-state index is -4.69. The average Bonchev–Trinajstić information content (AvgIpc) is 3.17. The Labute approximate surface area is 201 Å². The first-order valence-corrected chi connectivity index (χ1v) is 10.8. The molecule has 0 bridgehead atoms. The Balaban J connectivity index is 0.000000302. The van der Waals surface area contributed by atoms with E-state index in [1.54, 1.807) is 20.1 Å². The topological polar surface area (TPSA) is 58.3 Å². The highest BCUT2D eigenvalue weighted by atomic mass is 32.1. The summed E-state index contributed by atoms with van der Waals surface area (Å²) in [5, 5.41) is 7.47. The second-order valence-corrected chi connectivity index (χ2v) is 7.97. The van der Waals surface area contributed by atoms with E-state index in [-0.39, 0.29) is 5.75 Å². The van der Waals surface area contributed by atoms with E-state index in [0.717, 1.165) is 39.5 Å². The van der Waals surface area contributed by atoms with Crippen molar-refractivity contribution < 1.29 is 22.6 Å². The number of nitrogens with one attached hydrogen (secondary N) is 3. The lowest BCUT2D eigenvalue weighted by atomic mass is 10.1. The summed E-state index contributed by atoms with van der Waals surface area (Å²) in [5.41, 5.74) is 4.39. The highest BCUT2D eigenvalue weighted by Crippen LogP contribution is 2.30. The van der Waals surface area contributed by atoms with Crippen LogP contribution in [0.1, 0.15) is 11.1 Å². The van der Waals surface area contributed by atoms with Crippen LogP contribution in [0.15, 0.2) is 71.8 Å². The maximum Gasteiger partial charge on any atom is 0.573 e. The number of alkyl halides is 3. The van der Waals surface area contributed by atoms with Gasteiger partial charge in [0.1, 0.15) is 11.5 Å². The van der Waals surface area contributed by atoms with E-state index >= 15 is 0 Å². The lowest BCUT2D eigenvalue weighted by Crippen LogP contribution is -2.17. The molecule has 0 amide bonds. The Bertz CT molecular complexity index is 1240. The monoisotopic (exact) mass is 489 g/mol. The fourth-order valence-corrected chi connectivity index (χ4v) is 3.55. The van der Waals surface area contributed by atoms with E-state index in [1.165, 1.54) is 17.7 Å². The average molecular weight is 490 g/mol. The molecule has 34 heavy (non-hydrogen) atoms. The number of anilines is 2. The van der Waals surface area contributed by atoms with E-state index in [0.29, 0.717) is 5.56 Å². The zero-order valence-electron chi connectivity index (χ0n) is 19.0. The van der Waals surface area contributed by atoms with Gasteiger partial charge in [-0.2, -0.15) is 0 Å². The number of aromatic nitrogens is 1. The van der Waals surface area contributed by atoms with Crippen molar-refractivity contribution in [1.82, 2.24) is 10.3 Å². The first kappa shape index (κ1) is 25.3. The largest absolute Gasteiger partial charge is 0.573 e. The molecule has 0 saturated carbocycles. The molecular formula is C25H26F3N3O2S. The van der Waals surface area contributed by atoms with E-state index in [2.05, 4.69) is 33.0 Å². The van der Waals surface area contributed by atoms with Gasteiger partial charge in [0, 0.05) is 39.9 Å². The third-order valence-corrected chi connectivity index (χ3v) is 5.18. The fraction of sp³-hybridized carbons (Fsp3) is 0.200. The van der Waals surface area contributed by atoms with Gasteiger partial charge < -0.3 is 25.1 Å². The zero-order valence-corrected chi connectivity index (χ0v) is 19.8. The van der Waals surface area contributed by atoms with Crippen molar-refractivity contribution in [3.63, 3.8) is 0 Å². The number of halogens is 3. The molecule has 3 N–H and O–H groups in total. The van der Waals surface area contributed by atoms with Crippen LogP contribution in [0.4, 0.5) is 24.5 Å². The molecule has 4 aromatic rings. The highest BCUT2D eigenvalue weighted by Gasteiger charge is 2.31. The Morgan fingerprint density at radius 1 is 1.00 bits per heavy atom. The number of methoxy groups -OCH3 is 1. The maximum absolute atomic E-state index is 12.3. The molecular weight excluding hydrogens is 463 g/mol. The predicted molar refractivity (Wildman–Crippen MR) is 132 cm³/mol. The third kappa shape index (κ3) is 7.10. The van der Waals surface area contributed by atoms with Crippen molar-refractivity contribution in [3.05, 3.63) is 78.0 Å². The van der Waals surface area contributed by atoms with Gasteiger partial charge in [-0.3, -0.25) is 0 Å². The highest BCUT2D eigenvalue weighted by molar-refractivity contribution is 7.80. The van der Waals surface area contributed by atoms with Crippen LogP contribution in [0.2, 0.25) is 0 Å². The number of hydrogen-bond donors (Lipinski definition) is 4. The van der Waals surface area contributed by atoms with Crippen LogP contribution in [0.25, 0.3) is 10.9 Å². The zero-order chi connectivity index (χ0) is 24.7. The first-order chi connectivity index (χ1) is 16.2. The molecule has 0 atom stereocenters. The van der Waals surface area contributed by atoms with Crippen LogP contribution in [0.5, 0.6) is 11.5 Å². The summed E-state index contributed by atoms with van der Waals surface area (Å²) in [6, 6.07) is 17.7. The van der Waals surface area contributed by atoms with E-state index in [1.807, 2.05) is 55.7 Å². The number of hydrogen-bond acceptors (Lipinski definition) is 5. The Kier molecular flexibility index (Phi) is 8.36. The molecule has 0 unspecified atom stereocenters. The molecule has 0 fully saturated rings. The van der Waals surface area contributed by atoms with Crippen LogP contribution >= 0.6 is 12.6 Å². The fourth-order valence-electron chi connectivity index (χ4n) is 3.34. The first-order valence-electron chi connectivity index (χ1n) is 10.4. The Hall–Kier alpha value is -3.30. The van der Waals surface area contributed by atoms with Crippen LogP contribution < -0.4 is 20.1 Å². The summed E-state index contributed by atoms with van der Waals surface area (Å²) in [4.78, 5) is 4.15. The number of ether oxygens (including phenoxy) is 2. The maximum atomic E-state index is 12.3. The van der Waals surface area contributed by atoms with Crippen LogP contribution in [-0.2, 0) is 6.54 Å². The quantitative estimate of drug-likeness (QED) is 0.225. The molecule has 3 aromatic carbocycles.